The van der Waals surface area contributed by atoms with Crippen molar-refractivity contribution >= 4 is 5.91 Å². The van der Waals surface area contributed by atoms with Crippen molar-refractivity contribution in [1.82, 2.24) is 10.2 Å². The lowest BCUT2D eigenvalue weighted by atomic mass is 9.97. The average Bonchev–Trinajstić information content (AvgIpc) is 2.52. The molecule has 4 heteroatoms. The van der Waals surface area contributed by atoms with E-state index in [1.165, 1.54) is 25.7 Å². The molecule has 2 saturated heterocycles. The van der Waals surface area contributed by atoms with Gasteiger partial charge in [0.25, 0.3) is 0 Å². The number of ether oxygens (including phenoxy) is 1. The quantitative estimate of drug-likeness (QED) is 0.812. The fourth-order valence-corrected chi connectivity index (χ4v) is 3.26. The summed E-state index contributed by atoms with van der Waals surface area (Å²) in [6.07, 6.45) is 7.86. The first-order valence-corrected chi connectivity index (χ1v) is 8.39. The van der Waals surface area contributed by atoms with Crippen LogP contribution in [0.2, 0.25) is 0 Å². The van der Waals surface area contributed by atoms with E-state index >= 15 is 0 Å². The highest BCUT2D eigenvalue weighted by Gasteiger charge is 2.21. The van der Waals surface area contributed by atoms with Gasteiger partial charge in [-0.25, -0.2) is 0 Å². The molecule has 4 nitrogen and oxygen atoms in total. The molecule has 2 heterocycles. The minimum atomic E-state index is 0.320. The summed E-state index contributed by atoms with van der Waals surface area (Å²) in [6.45, 7) is 6.97. The van der Waals surface area contributed by atoms with Crippen molar-refractivity contribution < 1.29 is 9.53 Å². The van der Waals surface area contributed by atoms with Gasteiger partial charge >= 0.3 is 0 Å². The number of rotatable bonds is 6. The molecule has 1 N–H and O–H groups in total. The minimum absolute atomic E-state index is 0.320. The summed E-state index contributed by atoms with van der Waals surface area (Å²) in [4.78, 5) is 14.4. The van der Waals surface area contributed by atoms with Crippen LogP contribution >= 0.6 is 0 Å². The second-order valence-electron chi connectivity index (χ2n) is 6.15. The molecule has 2 rings (SSSR count). The summed E-state index contributed by atoms with van der Waals surface area (Å²) in [7, 11) is 0. The van der Waals surface area contributed by atoms with Crippen LogP contribution in [0.25, 0.3) is 0 Å². The maximum atomic E-state index is 12.3. The molecule has 0 spiro atoms. The molecule has 0 saturated carbocycles. The molecule has 1 amide bonds. The van der Waals surface area contributed by atoms with Crippen LogP contribution < -0.4 is 5.32 Å². The van der Waals surface area contributed by atoms with E-state index in [4.69, 9.17) is 4.74 Å². The topological polar surface area (TPSA) is 41.6 Å². The molecular formula is C16H30N2O2. The highest BCUT2D eigenvalue weighted by Crippen LogP contribution is 2.18. The minimum Gasteiger partial charge on any atom is -0.378 e. The van der Waals surface area contributed by atoms with Crippen LogP contribution in [0.15, 0.2) is 0 Å². The number of hydrogen-bond donors (Lipinski definition) is 1. The zero-order valence-corrected chi connectivity index (χ0v) is 12.9. The molecule has 0 radical (unpaired) electrons. The predicted molar refractivity (Wildman–Crippen MR) is 80.7 cm³/mol. The van der Waals surface area contributed by atoms with Crippen LogP contribution in [-0.2, 0) is 9.53 Å². The number of hydrogen-bond acceptors (Lipinski definition) is 3. The van der Waals surface area contributed by atoms with Gasteiger partial charge in [-0.2, -0.15) is 0 Å². The number of piperidine rings is 1. The van der Waals surface area contributed by atoms with Crippen molar-refractivity contribution in [2.45, 2.75) is 58.0 Å². The summed E-state index contributed by atoms with van der Waals surface area (Å²) in [5.74, 6) is 1.01. The lowest BCUT2D eigenvalue weighted by Gasteiger charge is -2.30. The molecule has 2 fully saturated rings. The fraction of sp³-hybridized carbons (Fsp3) is 0.938. The lowest BCUT2D eigenvalue weighted by Crippen LogP contribution is -2.39. The third-order valence-corrected chi connectivity index (χ3v) is 4.63. The molecule has 20 heavy (non-hydrogen) atoms. The standard InChI is InChI=1S/C16H30N2O2/c1-2-18(13-14-8-10-17-11-9-14)16(19)7-6-15-5-3-4-12-20-15/h14-15,17H,2-13H2,1H3. The second-order valence-corrected chi connectivity index (χ2v) is 6.15. The maximum Gasteiger partial charge on any atom is 0.222 e. The molecular weight excluding hydrogens is 252 g/mol. The van der Waals surface area contributed by atoms with E-state index in [9.17, 15) is 4.79 Å². The van der Waals surface area contributed by atoms with Crippen LogP contribution in [0.3, 0.4) is 0 Å². The number of carbonyl (C=O) groups excluding carboxylic acids is 1. The van der Waals surface area contributed by atoms with E-state index in [1.54, 1.807) is 0 Å². The highest BCUT2D eigenvalue weighted by atomic mass is 16.5. The first kappa shape index (κ1) is 15.8. The average molecular weight is 282 g/mol. The van der Waals surface area contributed by atoms with Crippen LogP contribution in [0.5, 0.6) is 0 Å². The van der Waals surface area contributed by atoms with Gasteiger partial charge in [0.1, 0.15) is 0 Å². The number of nitrogens with zero attached hydrogens (tertiary/aromatic N) is 1. The molecule has 2 aliphatic heterocycles. The molecule has 1 unspecified atom stereocenters. The zero-order chi connectivity index (χ0) is 14.2. The maximum absolute atomic E-state index is 12.3. The Hall–Kier alpha value is -0.610. The van der Waals surface area contributed by atoms with Crippen molar-refractivity contribution in [3.05, 3.63) is 0 Å². The van der Waals surface area contributed by atoms with Gasteiger partial charge in [0.05, 0.1) is 6.10 Å². The molecule has 0 aliphatic carbocycles. The Balaban J connectivity index is 1.70. The largest absolute Gasteiger partial charge is 0.378 e. The summed E-state index contributed by atoms with van der Waals surface area (Å²) in [6, 6.07) is 0. The molecule has 0 aromatic rings. The van der Waals surface area contributed by atoms with Crippen molar-refractivity contribution in [3.8, 4) is 0 Å². The van der Waals surface area contributed by atoms with E-state index in [1.807, 2.05) is 0 Å². The van der Waals surface area contributed by atoms with E-state index in [2.05, 4.69) is 17.1 Å². The van der Waals surface area contributed by atoms with Crippen molar-refractivity contribution in [2.75, 3.05) is 32.8 Å². The SMILES string of the molecule is CCN(CC1CCNCC1)C(=O)CCC1CCCCO1. The Morgan fingerprint density at radius 3 is 2.70 bits per heavy atom. The fourth-order valence-electron chi connectivity index (χ4n) is 3.26. The van der Waals surface area contributed by atoms with Crippen molar-refractivity contribution in [3.63, 3.8) is 0 Å². The molecule has 1 atom stereocenters. The highest BCUT2D eigenvalue weighted by molar-refractivity contribution is 5.76. The summed E-state index contributed by atoms with van der Waals surface area (Å²) >= 11 is 0. The third kappa shape index (κ3) is 5.06. The van der Waals surface area contributed by atoms with Gasteiger partial charge in [0, 0.05) is 26.1 Å². The van der Waals surface area contributed by atoms with Crippen LogP contribution in [0.1, 0.15) is 51.9 Å². The first-order valence-electron chi connectivity index (χ1n) is 8.39. The number of carbonyl (C=O) groups is 1. The van der Waals surface area contributed by atoms with Crippen LogP contribution in [-0.4, -0.2) is 49.7 Å². The Morgan fingerprint density at radius 1 is 1.25 bits per heavy atom. The van der Waals surface area contributed by atoms with E-state index in [0.29, 0.717) is 24.3 Å². The van der Waals surface area contributed by atoms with E-state index in [-0.39, 0.29) is 0 Å². The predicted octanol–water partition coefficient (Wildman–Crippen LogP) is 2.18. The van der Waals surface area contributed by atoms with Gasteiger partial charge in [-0.05, 0) is 64.5 Å². The Kier molecular flexibility index (Phi) is 6.80. The first-order chi connectivity index (χ1) is 9.79. The van der Waals surface area contributed by atoms with Gasteiger partial charge in [-0.3, -0.25) is 4.79 Å². The number of nitrogens with one attached hydrogen (secondary N) is 1. The Bertz CT molecular complexity index is 284. The van der Waals surface area contributed by atoms with Crippen molar-refractivity contribution in [1.29, 1.82) is 0 Å². The normalized spacial score (nSPS) is 24.6. The van der Waals surface area contributed by atoms with E-state index < -0.39 is 0 Å². The molecule has 0 aromatic heterocycles. The zero-order valence-electron chi connectivity index (χ0n) is 12.9. The smallest absolute Gasteiger partial charge is 0.222 e. The third-order valence-electron chi connectivity index (χ3n) is 4.63. The summed E-state index contributed by atoms with van der Waals surface area (Å²) < 4.78 is 5.71. The van der Waals surface area contributed by atoms with Gasteiger partial charge in [0.2, 0.25) is 5.91 Å². The lowest BCUT2D eigenvalue weighted by molar-refractivity contribution is -0.132. The Morgan fingerprint density at radius 2 is 2.05 bits per heavy atom. The van der Waals surface area contributed by atoms with Gasteiger partial charge in [-0.1, -0.05) is 0 Å². The molecule has 0 aromatic carbocycles. The molecule has 116 valence electrons. The second kappa shape index (κ2) is 8.63. The summed E-state index contributed by atoms with van der Waals surface area (Å²) in [5.41, 5.74) is 0. The molecule has 0 bridgehead atoms. The van der Waals surface area contributed by atoms with Gasteiger partial charge in [0.15, 0.2) is 0 Å². The summed E-state index contributed by atoms with van der Waals surface area (Å²) in [5, 5.41) is 3.38. The number of amides is 1. The molecule has 2 aliphatic rings. The van der Waals surface area contributed by atoms with Crippen molar-refractivity contribution in [2.24, 2.45) is 5.92 Å². The van der Waals surface area contributed by atoms with Crippen LogP contribution in [0, 0.1) is 5.92 Å². The Labute approximate surface area is 123 Å². The van der Waals surface area contributed by atoms with Gasteiger partial charge < -0.3 is 15.0 Å². The van der Waals surface area contributed by atoms with Gasteiger partial charge in [-0.15, -0.1) is 0 Å². The monoisotopic (exact) mass is 282 g/mol. The van der Waals surface area contributed by atoms with E-state index in [0.717, 1.165) is 45.6 Å². The van der Waals surface area contributed by atoms with Crippen LogP contribution in [0.4, 0.5) is 0 Å².